The van der Waals surface area contributed by atoms with Crippen molar-refractivity contribution < 1.29 is 0 Å². The molecule has 2 aromatic carbocycles. The lowest BCUT2D eigenvalue weighted by atomic mass is 10.0. The van der Waals surface area contributed by atoms with Gasteiger partial charge in [0.25, 0.3) is 0 Å². The van der Waals surface area contributed by atoms with Gasteiger partial charge in [0.15, 0.2) is 0 Å². The molecule has 0 unspecified atom stereocenters. The Kier molecular flexibility index (Phi) is 4.61. The van der Waals surface area contributed by atoms with E-state index in [9.17, 15) is 0 Å². The number of hydrogen-bond donors (Lipinski definition) is 2. The normalized spacial score (nSPS) is 11.9. The van der Waals surface area contributed by atoms with Crippen LogP contribution in [0.5, 0.6) is 0 Å². The van der Waals surface area contributed by atoms with Gasteiger partial charge in [0.2, 0.25) is 0 Å². The Morgan fingerprint density at radius 2 is 1.96 bits per heavy atom. The SMILES string of the molecule is CCCCCc1cc(/N=C/c2[nH]c3ccccc3c2C)c2[nH]ccc2c1. The molecular formula is C23H25N3. The van der Waals surface area contributed by atoms with Gasteiger partial charge in [0.1, 0.15) is 0 Å². The van der Waals surface area contributed by atoms with Gasteiger partial charge < -0.3 is 9.97 Å². The van der Waals surface area contributed by atoms with Crippen LogP contribution in [0.2, 0.25) is 0 Å². The number of hydrogen-bond acceptors (Lipinski definition) is 1. The predicted molar refractivity (Wildman–Crippen MR) is 112 cm³/mol. The van der Waals surface area contributed by atoms with Crippen LogP contribution in [-0.2, 0) is 6.42 Å². The molecule has 2 N–H and O–H groups in total. The van der Waals surface area contributed by atoms with Crippen molar-refractivity contribution in [3.05, 3.63) is 65.5 Å². The highest BCUT2D eigenvalue weighted by molar-refractivity contribution is 5.97. The summed E-state index contributed by atoms with van der Waals surface area (Å²) in [5.74, 6) is 0. The van der Waals surface area contributed by atoms with E-state index in [4.69, 9.17) is 4.99 Å². The lowest BCUT2D eigenvalue weighted by molar-refractivity contribution is 0.718. The Balaban J connectivity index is 1.69. The first-order chi connectivity index (χ1) is 12.8. The molecule has 0 atom stereocenters. The number of nitrogens with zero attached hydrogens (tertiary/aromatic N) is 1. The van der Waals surface area contributed by atoms with Gasteiger partial charge in [-0.05, 0) is 55.2 Å². The molecule has 2 heterocycles. The Hall–Kier alpha value is -2.81. The summed E-state index contributed by atoms with van der Waals surface area (Å²) in [6.07, 6.45) is 8.82. The largest absolute Gasteiger partial charge is 0.359 e. The molecule has 132 valence electrons. The minimum atomic E-state index is 1.01. The van der Waals surface area contributed by atoms with E-state index >= 15 is 0 Å². The van der Waals surface area contributed by atoms with Crippen LogP contribution in [0.4, 0.5) is 5.69 Å². The zero-order valence-electron chi connectivity index (χ0n) is 15.5. The minimum Gasteiger partial charge on any atom is -0.359 e. The number of para-hydroxylation sites is 1. The van der Waals surface area contributed by atoms with Gasteiger partial charge >= 0.3 is 0 Å². The molecular weight excluding hydrogens is 318 g/mol. The monoisotopic (exact) mass is 343 g/mol. The third kappa shape index (κ3) is 3.17. The number of aromatic nitrogens is 2. The number of unbranched alkanes of at least 4 members (excludes halogenated alkanes) is 2. The van der Waals surface area contributed by atoms with Crippen LogP contribution in [0, 0.1) is 6.92 Å². The highest BCUT2D eigenvalue weighted by Gasteiger charge is 2.07. The highest BCUT2D eigenvalue weighted by Crippen LogP contribution is 2.28. The average Bonchev–Trinajstić information content (AvgIpc) is 3.25. The van der Waals surface area contributed by atoms with E-state index < -0.39 is 0 Å². The highest BCUT2D eigenvalue weighted by atomic mass is 14.8. The van der Waals surface area contributed by atoms with Crippen molar-refractivity contribution in [2.24, 2.45) is 4.99 Å². The van der Waals surface area contributed by atoms with Gasteiger partial charge in [-0.2, -0.15) is 0 Å². The van der Waals surface area contributed by atoms with Gasteiger partial charge in [0, 0.05) is 22.5 Å². The second-order valence-electron chi connectivity index (χ2n) is 6.98. The van der Waals surface area contributed by atoms with E-state index in [1.54, 1.807) is 0 Å². The first-order valence-corrected chi connectivity index (χ1v) is 9.47. The fourth-order valence-corrected chi connectivity index (χ4v) is 3.60. The van der Waals surface area contributed by atoms with Crippen LogP contribution < -0.4 is 0 Å². The average molecular weight is 343 g/mol. The van der Waals surface area contributed by atoms with E-state index in [-0.39, 0.29) is 0 Å². The molecule has 0 fully saturated rings. The maximum atomic E-state index is 4.83. The van der Waals surface area contributed by atoms with Gasteiger partial charge in [0.05, 0.1) is 23.1 Å². The molecule has 0 amide bonds. The van der Waals surface area contributed by atoms with Crippen LogP contribution in [0.15, 0.2) is 53.7 Å². The van der Waals surface area contributed by atoms with Gasteiger partial charge in [-0.25, -0.2) is 0 Å². The Labute approximate surface area is 154 Å². The van der Waals surface area contributed by atoms with Crippen LogP contribution >= 0.6 is 0 Å². The summed E-state index contributed by atoms with van der Waals surface area (Å²) < 4.78 is 0. The quantitative estimate of drug-likeness (QED) is 0.299. The Bertz CT molecular complexity index is 1070. The summed E-state index contributed by atoms with van der Waals surface area (Å²) in [7, 11) is 0. The lowest BCUT2D eigenvalue weighted by Gasteiger charge is -2.04. The molecule has 4 rings (SSSR count). The summed E-state index contributed by atoms with van der Waals surface area (Å²) in [5, 5.41) is 2.49. The smallest absolute Gasteiger partial charge is 0.0874 e. The van der Waals surface area contributed by atoms with E-state index in [0.29, 0.717) is 0 Å². The number of benzene rings is 2. The lowest BCUT2D eigenvalue weighted by Crippen LogP contribution is -1.87. The molecule has 4 aromatic rings. The standard InChI is InChI=1S/C23H25N3/c1-3-4-5-8-17-13-18-11-12-24-23(18)21(14-17)25-15-22-16(2)19-9-6-7-10-20(19)26-22/h6-7,9-15,24,26H,3-5,8H2,1-2H3/b25-15+. The fourth-order valence-electron chi connectivity index (χ4n) is 3.60. The van der Waals surface area contributed by atoms with Crippen molar-refractivity contribution in [1.82, 2.24) is 9.97 Å². The first kappa shape index (κ1) is 16.6. The molecule has 26 heavy (non-hydrogen) atoms. The van der Waals surface area contributed by atoms with E-state index in [1.807, 2.05) is 12.4 Å². The van der Waals surface area contributed by atoms with Gasteiger partial charge in [-0.15, -0.1) is 0 Å². The molecule has 0 radical (unpaired) electrons. The first-order valence-electron chi connectivity index (χ1n) is 9.47. The van der Waals surface area contributed by atoms with Crippen molar-refractivity contribution in [3.8, 4) is 0 Å². The molecule has 0 saturated carbocycles. The molecule has 0 aliphatic rings. The van der Waals surface area contributed by atoms with Crippen molar-refractivity contribution in [1.29, 1.82) is 0 Å². The Morgan fingerprint density at radius 1 is 1.08 bits per heavy atom. The summed E-state index contributed by atoms with van der Waals surface area (Å²) in [6, 6.07) is 15.0. The molecule has 0 saturated heterocycles. The summed E-state index contributed by atoms with van der Waals surface area (Å²) in [5.41, 5.74) is 6.95. The third-order valence-electron chi connectivity index (χ3n) is 5.10. The predicted octanol–water partition coefficient (Wildman–Crippen LogP) is 6.44. The number of fused-ring (bicyclic) bond motifs is 2. The third-order valence-corrected chi connectivity index (χ3v) is 5.10. The van der Waals surface area contributed by atoms with E-state index in [0.717, 1.165) is 28.8 Å². The molecule has 3 nitrogen and oxygen atoms in total. The van der Waals surface area contributed by atoms with Crippen LogP contribution in [-0.4, -0.2) is 16.2 Å². The number of rotatable bonds is 6. The van der Waals surface area contributed by atoms with Crippen molar-refractivity contribution >= 4 is 33.7 Å². The number of nitrogens with one attached hydrogen (secondary N) is 2. The minimum absolute atomic E-state index is 1.01. The van der Waals surface area contributed by atoms with Crippen LogP contribution in [0.1, 0.15) is 43.0 Å². The number of H-pyrrole nitrogens is 2. The molecule has 2 aromatic heterocycles. The number of aryl methyl sites for hydroxylation is 2. The second-order valence-corrected chi connectivity index (χ2v) is 6.98. The molecule has 0 bridgehead atoms. The van der Waals surface area contributed by atoms with Gasteiger partial charge in [-0.3, -0.25) is 4.99 Å². The van der Waals surface area contributed by atoms with Crippen LogP contribution in [0.25, 0.3) is 21.8 Å². The van der Waals surface area contributed by atoms with Crippen molar-refractivity contribution in [3.63, 3.8) is 0 Å². The summed E-state index contributed by atoms with van der Waals surface area (Å²) in [4.78, 5) is 11.6. The zero-order chi connectivity index (χ0) is 17.9. The fraction of sp³-hybridized carbons (Fsp3) is 0.261. The molecule has 3 heteroatoms. The number of aliphatic imine (C=N–C) groups is 1. The maximum Gasteiger partial charge on any atom is 0.0874 e. The van der Waals surface area contributed by atoms with E-state index in [1.165, 1.54) is 41.2 Å². The number of aromatic amines is 2. The maximum absolute atomic E-state index is 4.83. The Morgan fingerprint density at radius 3 is 2.81 bits per heavy atom. The molecule has 0 spiro atoms. The topological polar surface area (TPSA) is 43.9 Å². The summed E-state index contributed by atoms with van der Waals surface area (Å²) in [6.45, 7) is 4.39. The molecule has 0 aliphatic heterocycles. The zero-order valence-corrected chi connectivity index (χ0v) is 15.5. The second kappa shape index (κ2) is 7.20. The van der Waals surface area contributed by atoms with E-state index in [2.05, 4.69) is 66.3 Å². The van der Waals surface area contributed by atoms with Gasteiger partial charge in [-0.1, -0.05) is 38.0 Å². The van der Waals surface area contributed by atoms with Crippen molar-refractivity contribution in [2.75, 3.05) is 0 Å². The van der Waals surface area contributed by atoms with Crippen molar-refractivity contribution in [2.45, 2.75) is 39.5 Å². The molecule has 0 aliphatic carbocycles. The summed E-state index contributed by atoms with van der Waals surface area (Å²) >= 11 is 0. The van der Waals surface area contributed by atoms with Crippen LogP contribution in [0.3, 0.4) is 0 Å².